The first-order chi connectivity index (χ1) is 17.2. The molecule has 1 saturated heterocycles. The number of nitrogens with zero attached hydrogens (tertiary/aromatic N) is 4. The van der Waals surface area contributed by atoms with Crippen molar-refractivity contribution in [2.75, 3.05) is 45.9 Å². The molecule has 1 aromatic carbocycles. The Balaban J connectivity index is 1.54. The summed E-state index contributed by atoms with van der Waals surface area (Å²) in [6.45, 7) is 9.57. The highest BCUT2D eigenvalue weighted by Crippen LogP contribution is 2.35. The molecule has 8 nitrogen and oxygen atoms in total. The number of rotatable bonds is 7. The average molecular weight is 516 g/mol. The van der Waals surface area contributed by atoms with Crippen molar-refractivity contribution < 1.29 is 18.7 Å². The average Bonchev–Trinajstić information content (AvgIpc) is 3.51. The standard InChI is InChI=1S/C26H34FN5O3S/c1-26(2,3)28-25(34)31(11-10-30-12-14-35-15-13-30)18-24(33)32-22(23-9-6-16-36-23)17-21(29-32)19-7-4-5-8-20(19)27/h4-9,16,22H,10-15,17-18H2,1-3H3,(H,28,34)/t22-/m0/s1. The minimum atomic E-state index is -0.444. The van der Waals surface area contributed by atoms with Gasteiger partial charge in [-0.3, -0.25) is 9.69 Å². The molecule has 0 aliphatic carbocycles. The molecule has 2 aliphatic heterocycles. The number of nitrogens with one attached hydrogen (secondary N) is 1. The predicted molar refractivity (Wildman–Crippen MR) is 139 cm³/mol. The number of carbonyl (C=O) groups is 2. The Morgan fingerprint density at radius 1 is 1.19 bits per heavy atom. The predicted octanol–water partition coefficient (Wildman–Crippen LogP) is 3.71. The van der Waals surface area contributed by atoms with Gasteiger partial charge >= 0.3 is 6.03 Å². The second kappa shape index (κ2) is 11.5. The maximum Gasteiger partial charge on any atom is 0.318 e. The van der Waals surface area contributed by atoms with Crippen LogP contribution in [0.25, 0.3) is 0 Å². The Bertz CT molecular complexity index is 1080. The fourth-order valence-electron chi connectivity index (χ4n) is 4.28. The molecule has 194 valence electrons. The summed E-state index contributed by atoms with van der Waals surface area (Å²) in [6.07, 6.45) is 0.412. The van der Waals surface area contributed by atoms with Crippen molar-refractivity contribution in [2.24, 2.45) is 5.10 Å². The molecule has 1 atom stereocenters. The molecule has 0 spiro atoms. The van der Waals surface area contributed by atoms with Crippen LogP contribution < -0.4 is 5.32 Å². The normalized spacial score (nSPS) is 18.7. The number of ether oxygens (including phenoxy) is 1. The van der Waals surface area contributed by atoms with E-state index in [1.54, 1.807) is 23.1 Å². The summed E-state index contributed by atoms with van der Waals surface area (Å²) in [7, 11) is 0. The third-order valence-electron chi connectivity index (χ3n) is 6.11. The van der Waals surface area contributed by atoms with Gasteiger partial charge < -0.3 is 15.0 Å². The van der Waals surface area contributed by atoms with Gasteiger partial charge in [-0.25, -0.2) is 14.2 Å². The molecule has 36 heavy (non-hydrogen) atoms. The number of hydrogen-bond donors (Lipinski definition) is 1. The number of urea groups is 1. The largest absolute Gasteiger partial charge is 0.379 e. The zero-order chi connectivity index (χ0) is 25.7. The number of morpholine rings is 1. The lowest BCUT2D eigenvalue weighted by atomic mass is 10.0. The highest BCUT2D eigenvalue weighted by atomic mass is 32.1. The van der Waals surface area contributed by atoms with Crippen LogP contribution in [0, 0.1) is 5.82 Å². The van der Waals surface area contributed by atoms with Crippen LogP contribution in [0.3, 0.4) is 0 Å². The van der Waals surface area contributed by atoms with E-state index in [1.165, 1.54) is 22.4 Å². The lowest BCUT2D eigenvalue weighted by Crippen LogP contribution is -2.53. The first kappa shape index (κ1) is 26.2. The van der Waals surface area contributed by atoms with Crippen molar-refractivity contribution in [3.05, 3.63) is 58.0 Å². The number of halogens is 1. The van der Waals surface area contributed by atoms with Gasteiger partial charge in [-0.2, -0.15) is 5.10 Å². The van der Waals surface area contributed by atoms with Crippen molar-refractivity contribution in [1.29, 1.82) is 0 Å². The molecule has 0 radical (unpaired) electrons. The van der Waals surface area contributed by atoms with E-state index in [9.17, 15) is 14.0 Å². The summed E-state index contributed by atoms with van der Waals surface area (Å²) in [5, 5.41) is 10.9. The number of amides is 3. The van der Waals surface area contributed by atoms with E-state index >= 15 is 0 Å². The van der Waals surface area contributed by atoms with Crippen LogP contribution in [-0.4, -0.2) is 83.9 Å². The Kier molecular flexibility index (Phi) is 8.38. The van der Waals surface area contributed by atoms with E-state index in [-0.39, 0.29) is 30.3 Å². The van der Waals surface area contributed by atoms with Crippen LogP contribution >= 0.6 is 11.3 Å². The van der Waals surface area contributed by atoms with Gasteiger partial charge in [-0.05, 0) is 38.3 Å². The van der Waals surface area contributed by atoms with Crippen LogP contribution in [0.5, 0.6) is 0 Å². The number of carbonyl (C=O) groups excluding carboxylic acids is 2. The summed E-state index contributed by atoms with van der Waals surface area (Å²) in [6, 6.07) is 9.72. The van der Waals surface area contributed by atoms with E-state index < -0.39 is 5.54 Å². The van der Waals surface area contributed by atoms with Crippen molar-refractivity contribution in [3.8, 4) is 0 Å². The summed E-state index contributed by atoms with van der Waals surface area (Å²) < 4.78 is 20.0. The molecule has 0 saturated carbocycles. The van der Waals surface area contributed by atoms with Crippen LogP contribution in [0.15, 0.2) is 46.9 Å². The quantitative estimate of drug-likeness (QED) is 0.610. The summed E-state index contributed by atoms with van der Waals surface area (Å²) in [5.41, 5.74) is 0.476. The fraction of sp³-hybridized carbons (Fsp3) is 0.500. The van der Waals surface area contributed by atoms with Gasteiger partial charge in [0.2, 0.25) is 0 Å². The van der Waals surface area contributed by atoms with Gasteiger partial charge in [0.25, 0.3) is 5.91 Å². The van der Waals surface area contributed by atoms with Gasteiger partial charge in [0, 0.05) is 48.6 Å². The molecule has 1 aromatic heterocycles. The van der Waals surface area contributed by atoms with E-state index in [0.29, 0.717) is 44.0 Å². The molecular formula is C26H34FN5O3S. The van der Waals surface area contributed by atoms with Crippen LogP contribution in [-0.2, 0) is 9.53 Å². The third-order valence-corrected chi connectivity index (χ3v) is 7.08. The van der Waals surface area contributed by atoms with Gasteiger partial charge in [0.15, 0.2) is 0 Å². The van der Waals surface area contributed by atoms with Crippen LogP contribution in [0.1, 0.15) is 43.7 Å². The molecule has 4 rings (SSSR count). The zero-order valence-electron chi connectivity index (χ0n) is 21.1. The van der Waals surface area contributed by atoms with E-state index in [2.05, 4.69) is 15.3 Å². The zero-order valence-corrected chi connectivity index (χ0v) is 21.9. The maximum atomic E-state index is 14.5. The number of hydrazone groups is 1. The lowest BCUT2D eigenvalue weighted by molar-refractivity contribution is -0.133. The first-order valence-corrected chi connectivity index (χ1v) is 13.1. The lowest BCUT2D eigenvalue weighted by Gasteiger charge is -2.32. The molecule has 0 unspecified atom stereocenters. The summed E-state index contributed by atoms with van der Waals surface area (Å²) in [4.78, 5) is 31.5. The van der Waals surface area contributed by atoms with E-state index in [0.717, 1.165) is 18.0 Å². The smallest absolute Gasteiger partial charge is 0.318 e. The fourth-order valence-corrected chi connectivity index (χ4v) is 5.09. The molecule has 2 aromatic rings. The minimum absolute atomic E-state index is 0.123. The SMILES string of the molecule is CC(C)(C)NC(=O)N(CCN1CCOCC1)CC(=O)N1N=C(c2ccccc2F)C[C@H]1c1cccs1. The Labute approximate surface area is 215 Å². The van der Waals surface area contributed by atoms with Crippen LogP contribution in [0.2, 0.25) is 0 Å². The molecule has 1 fully saturated rings. The van der Waals surface area contributed by atoms with Gasteiger partial charge in [0.05, 0.1) is 25.0 Å². The minimum Gasteiger partial charge on any atom is -0.379 e. The molecule has 3 heterocycles. The molecule has 2 aliphatic rings. The Hall–Kier alpha value is -2.82. The summed E-state index contributed by atoms with van der Waals surface area (Å²) in [5.74, 6) is -0.669. The second-order valence-electron chi connectivity index (χ2n) is 10.1. The molecule has 1 N–H and O–H groups in total. The third kappa shape index (κ3) is 6.68. The van der Waals surface area contributed by atoms with Crippen molar-refractivity contribution in [3.63, 3.8) is 0 Å². The monoisotopic (exact) mass is 515 g/mol. The van der Waals surface area contributed by atoms with Gasteiger partial charge in [0.1, 0.15) is 12.4 Å². The van der Waals surface area contributed by atoms with Crippen molar-refractivity contribution >= 4 is 29.0 Å². The van der Waals surface area contributed by atoms with Crippen molar-refractivity contribution in [1.82, 2.24) is 20.1 Å². The second-order valence-corrected chi connectivity index (χ2v) is 11.0. The molecular weight excluding hydrogens is 481 g/mol. The highest BCUT2D eigenvalue weighted by Gasteiger charge is 2.36. The maximum absolute atomic E-state index is 14.5. The van der Waals surface area contributed by atoms with Gasteiger partial charge in [-0.1, -0.05) is 24.3 Å². The van der Waals surface area contributed by atoms with Crippen molar-refractivity contribution in [2.45, 2.75) is 38.8 Å². The Morgan fingerprint density at radius 2 is 1.94 bits per heavy atom. The van der Waals surface area contributed by atoms with E-state index in [1.807, 2.05) is 38.3 Å². The molecule has 0 bridgehead atoms. The summed E-state index contributed by atoms with van der Waals surface area (Å²) >= 11 is 1.53. The number of benzene rings is 1. The highest BCUT2D eigenvalue weighted by molar-refractivity contribution is 7.10. The van der Waals surface area contributed by atoms with E-state index in [4.69, 9.17) is 4.74 Å². The number of hydrogen-bond acceptors (Lipinski definition) is 6. The topological polar surface area (TPSA) is 77.5 Å². The molecule has 10 heteroatoms. The first-order valence-electron chi connectivity index (χ1n) is 12.3. The molecule has 3 amide bonds. The Morgan fingerprint density at radius 3 is 2.61 bits per heavy atom. The van der Waals surface area contributed by atoms with Crippen LogP contribution in [0.4, 0.5) is 9.18 Å². The van der Waals surface area contributed by atoms with Gasteiger partial charge in [-0.15, -0.1) is 11.3 Å². The number of thiophene rings is 1.